The first kappa shape index (κ1) is 12.7. The van der Waals surface area contributed by atoms with Crippen LogP contribution in [0.2, 0.25) is 0 Å². The van der Waals surface area contributed by atoms with Crippen LogP contribution < -0.4 is 0 Å². The summed E-state index contributed by atoms with van der Waals surface area (Å²) in [5, 5.41) is 9.48. The van der Waals surface area contributed by atoms with Crippen molar-refractivity contribution in [2.45, 2.75) is 18.2 Å². The van der Waals surface area contributed by atoms with Crippen molar-refractivity contribution in [1.29, 1.82) is 0 Å². The molecule has 2 nitrogen and oxygen atoms in total. The van der Waals surface area contributed by atoms with E-state index in [2.05, 4.69) is 0 Å². The molecule has 1 aliphatic carbocycles. The Hall–Kier alpha value is -0.370. The van der Waals surface area contributed by atoms with Gasteiger partial charge in [0.1, 0.15) is 0 Å². The molecule has 0 aliphatic heterocycles. The van der Waals surface area contributed by atoms with Crippen LogP contribution in [0.5, 0.6) is 0 Å². The van der Waals surface area contributed by atoms with Crippen LogP contribution in [0, 0.1) is 5.92 Å². The van der Waals surface area contributed by atoms with Crippen LogP contribution in [0.4, 0.5) is 13.2 Å². The van der Waals surface area contributed by atoms with Gasteiger partial charge in [-0.3, -0.25) is 4.79 Å². The fourth-order valence-corrected chi connectivity index (χ4v) is 2.06. The number of alkyl halides is 3. The lowest BCUT2D eigenvalue weighted by atomic mass is 9.83. The molecule has 1 N–H and O–H groups in total. The van der Waals surface area contributed by atoms with E-state index in [0.29, 0.717) is 0 Å². The van der Waals surface area contributed by atoms with Gasteiger partial charge in [0.2, 0.25) is 9.39 Å². The van der Waals surface area contributed by atoms with Gasteiger partial charge in [0, 0.05) is 28.5 Å². The van der Waals surface area contributed by atoms with E-state index in [-0.39, 0.29) is 6.42 Å². The van der Waals surface area contributed by atoms with Gasteiger partial charge in [-0.2, -0.15) is 13.2 Å². The van der Waals surface area contributed by atoms with E-state index < -0.39 is 21.5 Å². The van der Waals surface area contributed by atoms with Gasteiger partial charge in [0.25, 0.3) is 0 Å². The van der Waals surface area contributed by atoms with Crippen molar-refractivity contribution < 1.29 is 23.1 Å². The normalized spacial score (nSPS) is 25.0. The summed E-state index contributed by atoms with van der Waals surface area (Å²) in [5.41, 5.74) is -3.28. The predicted octanol–water partition coefficient (Wildman–Crippen LogP) is 2.37. The first-order valence-electron chi connectivity index (χ1n) is 4.12. The lowest BCUT2D eigenvalue weighted by molar-refractivity contribution is -0.257. The molecule has 0 aromatic heterocycles. The largest absolute Gasteiger partial charge is 0.425 e. The first-order chi connectivity index (χ1) is 6.80. The highest BCUT2D eigenvalue weighted by molar-refractivity contribution is 14.1. The number of carbonyl (C=O) groups excluding carboxylic acids is 1. The standard InChI is InChI=1S/C9H8F3IO2/c10-9(11,12)8(15,7(13)14)6-4-2-1-3-5-6/h1-4,6,15H,5H2/t6?,8-/m0/s1. The molecule has 0 fully saturated rings. The summed E-state index contributed by atoms with van der Waals surface area (Å²) in [6, 6.07) is 0. The zero-order valence-electron chi connectivity index (χ0n) is 7.46. The Bertz CT molecular complexity index is 322. The summed E-state index contributed by atoms with van der Waals surface area (Å²) in [6.07, 6.45) is 0.702. The summed E-state index contributed by atoms with van der Waals surface area (Å²) in [6.45, 7) is 0. The van der Waals surface area contributed by atoms with Gasteiger partial charge in [-0.15, -0.1) is 0 Å². The first-order valence-corrected chi connectivity index (χ1v) is 5.20. The van der Waals surface area contributed by atoms with Crippen molar-refractivity contribution in [2.24, 2.45) is 5.92 Å². The van der Waals surface area contributed by atoms with E-state index in [9.17, 15) is 23.1 Å². The molecule has 0 aromatic carbocycles. The number of allylic oxidation sites excluding steroid dienone is 3. The van der Waals surface area contributed by atoms with Crippen molar-refractivity contribution in [1.82, 2.24) is 0 Å². The summed E-state index contributed by atoms with van der Waals surface area (Å²) in [7, 11) is 0. The number of hydrogen-bond donors (Lipinski definition) is 1. The number of halogens is 4. The Morgan fingerprint density at radius 2 is 2.00 bits per heavy atom. The van der Waals surface area contributed by atoms with Crippen molar-refractivity contribution >= 4 is 26.4 Å². The number of carbonyl (C=O) groups is 1. The second-order valence-electron chi connectivity index (χ2n) is 3.19. The Labute approximate surface area is 98.0 Å². The third-order valence-corrected chi connectivity index (χ3v) is 3.07. The molecule has 0 amide bonds. The maximum absolute atomic E-state index is 12.6. The van der Waals surface area contributed by atoms with Gasteiger partial charge in [0.05, 0.1) is 0 Å². The Morgan fingerprint density at radius 3 is 2.33 bits per heavy atom. The molecule has 0 radical (unpaired) electrons. The highest BCUT2D eigenvalue weighted by atomic mass is 127. The highest BCUT2D eigenvalue weighted by Crippen LogP contribution is 2.41. The third-order valence-electron chi connectivity index (χ3n) is 2.25. The van der Waals surface area contributed by atoms with Crippen LogP contribution in [0.15, 0.2) is 24.3 Å². The Morgan fingerprint density at radius 1 is 1.40 bits per heavy atom. The average Bonchev–Trinajstić information content (AvgIpc) is 2.16. The second-order valence-corrected chi connectivity index (χ2v) is 4.17. The van der Waals surface area contributed by atoms with E-state index in [0.717, 1.165) is 22.6 Å². The molecule has 6 heteroatoms. The lowest BCUT2D eigenvalue weighted by Gasteiger charge is -2.33. The minimum Gasteiger partial charge on any atom is -0.373 e. The van der Waals surface area contributed by atoms with Crippen molar-refractivity contribution in [3.8, 4) is 0 Å². The summed E-state index contributed by atoms with van der Waals surface area (Å²) < 4.78 is 36.5. The van der Waals surface area contributed by atoms with Gasteiger partial charge in [-0.25, -0.2) is 0 Å². The molecule has 0 aromatic rings. The number of aliphatic hydroxyl groups is 1. The van der Waals surface area contributed by atoms with Crippen molar-refractivity contribution in [2.75, 3.05) is 0 Å². The highest BCUT2D eigenvalue weighted by Gasteiger charge is 2.62. The Balaban J connectivity index is 3.07. The van der Waals surface area contributed by atoms with Crippen LogP contribution in [0.25, 0.3) is 0 Å². The summed E-state index contributed by atoms with van der Waals surface area (Å²) >= 11 is 0.982. The maximum atomic E-state index is 12.6. The topological polar surface area (TPSA) is 37.3 Å². The number of hydrogen-bond acceptors (Lipinski definition) is 2. The van der Waals surface area contributed by atoms with E-state index in [1.165, 1.54) is 18.2 Å². The lowest BCUT2D eigenvalue weighted by Crippen LogP contribution is -2.55. The minimum atomic E-state index is -4.95. The minimum absolute atomic E-state index is 0.00124. The van der Waals surface area contributed by atoms with Gasteiger partial charge in [-0.05, 0) is 6.42 Å². The summed E-state index contributed by atoms with van der Waals surface area (Å²) in [5.74, 6) is -1.24. The molecular formula is C9H8F3IO2. The Kier molecular flexibility index (Phi) is 3.59. The van der Waals surface area contributed by atoms with Crippen molar-refractivity contribution in [3.63, 3.8) is 0 Å². The van der Waals surface area contributed by atoms with Gasteiger partial charge in [0.15, 0.2) is 0 Å². The van der Waals surface area contributed by atoms with Crippen LogP contribution in [0.1, 0.15) is 6.42 Å². The third kappa shape index (κ3) is 2.25. The van der Waals surface area contributed by atoms with Crippen LogP contribution in [-0.2, 0) is 4.79 Å². The van der Waals surface area contributed by atoms with Gasteiger partial charge in [-0.1, -0.05) is 24.3 Å². The molecule has 1 rings (SSSR count). The molecule has 1 unspecified atom stereocenters. The average molecular weight is 332 g/mol. The van der Waals surface area contributed by atoms with Crippen molar-refractivity contribution in [3.05, 3.63) is 24.3 Å². The smallest absolute Gasteiger partial charge is 0.373 e. The molecule has 0 heterocycles. The van der Waals surface area contributed by atoms with E-state index in [1.54, 1.807) is 6.08 Å². The monoisotopic (exact) mass is 332 g/mol. The molecular weight excluding hydrogens is 324 g/mol. The molecule has 2 atom stereocenters. The quantitative estimate of drug-likeness (QED) is 0.623. The molecule has 1 aliphatic rings. The predicted molar refractivity (Wildman–Crippen MR) is 56.4 cm³/mol. The second kappa shape index (κ2) is 4.25. The molecule has 0 saturated carbocycles. The molecule has 0 spiro atoms. The van der Waals surface area contributed by atoms with Crippen LogP contribution in [0.3, 0.4) is 0 Å². The SMILES string of the molecule is O=C(I)[C@@](O)(C1C=CC=CC1)C(F)(F)F. The zero-order chi connectivity index (χ0) is 11.7. The fraction of sp³-hybridized carbons (Fsp3) is 0.444. The molecule has 0 saturated heterocycles. The van der Waals surface area contributed by atoms with Gasteiger partial charge < -0.3 is 5.11 Å². The maximum Gasteiger partial charge on any atom is 0.425 e. The molecule has 84 valence electrons. The van der Waals surface area contributed by atoms with Crippen LogP contribution >= 0.6 is 22.6 Å². The van der Waals surface area contributed by atoms with E-state index in [4.69, 9.17) is 0 Å². The molecule has 0 bridgehead atoms. The van der Waals surface area contributed by atoms with Gasteiger partial charge >= 0.3 is 6.18 Å². The summed E-state index contributed by atoms with van der Waals surface area (Å²) in [4.78, 5) is 11.0. The zero-order valence-corrected chi connectivity index (χ0v) is 9.62. The number of rotatable bonds is 2. The van der Waals surface area contributed by atoms with E-state index in [1.807, 2.05) is 0 Å². The fourth-order valence-electron chi connectivity index (χ4n) is 1.36. The molecule has 15 heavy (non-hydrogen) atoms. The van der Waals surface area contributed by atoms with Crippen LogP contribution in [-0.4, -0.2) is 20.7 Å². The van der Waals surface area contributed by atoms with E-state index >= 15 is 0 Å².